The van der Waals surface area contributed by atoms with Crippen molar-refractivity contribution in [2.45, 2.75) is 135 Å². The van der Waals surface area contributed by atoms with Crippen LogP contribution in [0.4, 0.5) is 0 Å². The largest absolute Gasteiger partial charge is 0.460 e. The van der Waals surface area contributed by atoms with E-state index in [1.165, 1.54) is 14.0 Å². The maximum absolute atomic E-state index is 14.7. The molecule has 4 heterocycles. The molecule has 1 spiro atoms. The van der Waals surface area contributed by atoms with Gasteiger partial charge in [-0.3, -0.25) is 14.4 Å². The second-order valence-corrected chi connectivity index (χ2v) is 15.8. The lowest BCUT2D eigenvalue weighted by Crippen LogP contribution is -2.63. The van der Waals surface area contributed by atoms with Gasteiger partial charge in [-0.2, -0.15) is 0 Å². The third kappa shape index (κ3) is 6.58. The molecule has 7 atom stereocenters. The van der Waals surface area contributed by atoms with Gasteiger partial charge in [0.05, 0.1) is 36.7 Å². The molecule has 0 aromatic carbocycles. The SMILES string of the molecule is C/C=C/CCCCC[C@@H]1C=C2[C@@]3(CC(=O)OC(C)(C)C)CC4=C(C(=O)OC4(OC)OC(C)=O)[C@@H]4[C@H]1C[C@H](C1(CC/C=C/C)OCCO1)O[C@]24OC3=O. The molecule has 12 heteroatoms. The summed E-state index contributed by atoms with van der Waals surface area (Å²) in [6.07, 6.45) is 15.2. The van der Waals surface area contributed by atoms with Gasteiger partial charge in [-0.25, -0.2) is 4.79 Å². The van der Waals surface area contributed by atoms with E-state index < -0.39 is 70.9 Å². The van der Waals surface area contributed by atoms with Gasteiger partial charge in [-0.15, -0.1) is 0 Å². The third-order valence-corrected chi connectivity index (χ3v) is 11.2. The predicted molar refractivity (Wildman–Crippen MR) is 186 cm³/mol. The molecular weight excluding hydrogens is 672 g/mol. The van der Waals surface area contributed by atoms with Gasteiger partial charge in [0.1, 0.15) is 17.1 Å². The van der Waals surface area contributed by atoms with Crippen LogP contribution in [-0.4, -0.2) is 73.5 Å². The van der Waals surface area contributed by atoms with Crippen molar-refractivity contribution in [1.82, 2.24) is 0 Å². The number of methoxy groups -OCH3 is 1. The lowest BCUT2D eigenvalue weighted by molar-refractivity contribution is -0.337. The molecule has 0 aromatic rings. The average molecular weight is 727 g/mol. The zero-order valence-corrected chi connectivity index (χ0v) is 31.6. The molecule has 5 bridgehead atoms. The number of hydrogen-bond acceptors (Lipinski definition) is 12. The van der Waals surface area contributed by atoms with Gasteiger partial charge in [-0.05, 0) is 78.6 Å². The van der Waals surface area contributed by atoms with E-state index in [0.29, 0.717) is 38.0 Å². The fourth-order valence-corrected chi connectivity index (χ4v) is 9.30. The second-order valence-electron chi connectivity index (χ2n) is 15.8. The monoisotopic (exact) mass is 726 g/mol. The molecule has 2 aliphatic carbocycles. The fourth-order valence-electron chi connectivity index (χ4n) is 9.30. The van der Waals surface area contributed by atoms with E-state index in [4.69, 9.17) is 37.9 Å². The molecule has 3 saturated heterocycles. The van der Waals surface area contributed by atoms with Gasteiger partial charge < -0.3 is 37.9 Å². The molecule has 0 saturated carbocycles. The number of carbonyl (C=O) groups excluding carboxylic acids is 4. The summed E-state index contributed by atoms with van der Waals surface area (Å²) >= 11 is 0. The Labute approximate surface area is 306 Å². The van der Waals surface area contributed by atoms with Crippen molar-refractivity contribution in [3.8, 4) is 0 Å². The predicted octanol–water partition coefficient (Wildman–Crippen LogP) is 6.28. The first-order chi connectivity index (χ1) is 24.7. The lowest BCUT2D eigenvalue weighted by Gasteiger charge is -2.55. The minimum atomic E-state index is -2.24. The van der Waals surface area contributed by atoms with Crippen molar-refractivity contribution in [2.24, 2.45) is 23.2 Å². The van der Waals surface area contributed by atoms with Crippen molar-refractivity contribution in [2.75, 3.05) is 20.3 Å². The van der Waals surface area contributed by atoms with E-state index in [-0.39, 0.29) is 29.4 Å². The Balaban J connectivity index is 1.54. The molecule has 3 fully saturated rings. The molecule has 4 aliphatic heterocycles. The van der Waals surface area contributed by atoms with E-state index in [9.17, 15) is 19.2 Å². The maximum atomic E-state index is 14.7. The highest BCUT2D eigenvalue weighted by Gasteiger charge is 2.78. The minimum absolute atomic E-state index is 0.145. The number of rotatable bonds is 14. The Morgan fingerprint density at radius 1 is 1.00 bits per heavy atom. The van der Waals surface area contributed by atoms with Crippen LogP contribution in [0, 0.1) is 23.2 Å². The first-order valence-electron chi connectivity index (χ1n) is 18.8. The Kier molecular flexibility index (Phi) is 10.7. The van der Waals surface area contributed by atoms with E-state index in [2.05, 4.69) is 18.2 Å². The number of hydrogen-bond donors (Lipinski definition) is 0. The van der Waals surface area contributed by atoms with Crippen LogP contribution in [0.3, 0.4) is 0 Å². The second kappa shape index (κ2) is 14.5. The van der Waals surface area contributed by atoms with E-state index in [1.807, 2.05) is 26.0 Å². The van der Waals surface area contributed by atoms with Crippen molar-refractivity contribution in [3.63, 3.8) is 0 Å². The molecule has 0 amide bonds. The van der Waals surface area contributed by atoms with Crippen LogP contribution in [-0.2, 0) is 57.1 Å². The average Bonchev–Trinajstić information content (AvgIpc) is 3.68. The lowest BCUT2D eigenvalue weighted by atomic mass is 9.59. The highest BCUT2D eigenvalue weighted by molar-refractivity contribution is 5.98. The van der Waals surface area contributed by atoms with Crippen LogP contribution in [0.25, 0.3) is 0 Å². The molecule has 286 valence electrons. The van der Waals surface area contributed by atoms with Gasteiger partial charge in [0.25, 0.3) is 0 Å². The van der Waals surface area contributed by atoms with Crippen LogP contribution < -0.4 is 0 Å². The molecule has 1 unspecified atom stereocenters. The summed E-state index contributed by atoms with van der Waals surface area (Å²) < 4.78 is 49.4. The van der Waals surface area contributed by atoms with E-state index >= 15 is 0 Å². The topological polar surface area (TPSA) is 142 Å². The number of unbranched alkanes of at least 4 members (excludes halogenated alkanes) is 3. The summed E-state index contributed by atoms with van der Waals surface area (Å²) in [5.74, 6) is -9.32. The van der Waals surface area contributed by atoms with Gasteiger partial charge in [0, 0.05) is 32.4 Å². The van der Waals surface area contributed by atoms with Crippen LogP contribution >= 0.6 is 0 Å². The zero-order valence-electron chi connectivity index (χ0n) is 31.6. The van der Waals surface area contributed by atoms with Crippen LogP contribution in [0.2, 0.25) is 0 Å². The van der Waals surface area contributed by atoms with Crippen molar-refractivity contribution in [1.29, 1.82) is 0 Å². The highest BCUT2D eigenvalue weighted by atomic mass is 16.9. The summed E-state index contributed by atoms with van der Waals surface area (Å²) in [6, 6.07) is 0. The van der Waals surface area contributed by atoms with Gasteiger partial charge in [0.2, 0.25) is 5.79 Å². The first kappa shape index (κ1) is 38.4. The van der Waals surface area contributed by atoms with Crippen LogP contribution in [0.5, 0.6) is 0 Å². The van der Waals surface area contributed by atoms with Crippen LogP contribution in [0.1, 0.15) is 106 Å². The van der Waals surface area contributed by atoms with Gasteiger partial charge in [-0.1, -0.05) is 43.2 Å². The summed E-state index contributed by atoms with van der Waals surface area (Å²) in [6.45, 7) is 11.1. The standard InChI is InChI=1S/C40H54O12/c1-8-10-12-13-14-15-17-26-21-29-37(24-31(42)50-36(4,5)6)23-28-32(34(43)51-40(28,45-7)48-25(3)41)33-27(26)22-30(49-39(29,33)52-35(37)44)38(18-16-11-9-2)46-19-20-47-38/h8-11,21,26-27,30,33H,12-20,22-24H2,1-7H3/b10-8+,11-9+/t26-,27+,30-,33+,37+,39+,40?/m1/s1. The zero-order chi connectivity index (χ0) is 37.5. The molecular formula is C40H54O12. The molecule has 6 rings (SSSR count). The van der Waals surface area contributed by atoms with E-state index in [0.717, 1.165) is 32.1 Å². The van der Waals surface area contributed by atoms with E-state index in [1.54, 1.807) is 20.8 Å². The summed E-state index contributed by atoms with van der Waals surface area (Å²) in [5.41, 5.74) is -1.72. The Morgan fingerprint density at radius 3 is 2.37 bits per heavy atom. The Hall–Kier alpha value is -3.32. The van der Waals surface area contributed by atoms with Crippen molar-refractivity contribution >= 4 is 23.9 Å². The van der Waals surface area contributed by atoms with Crippen LogP contribution in [0.15, 0.2) is 47.1 Å². The Morgan fingerprint density at radius 2 is 1.71 bits per heavy atom. The number of carbonyl (C=O) groups is 4. The molecule has 12 nitrogen and oxygen atoms in total. The minimum Gasteiger partial charge on any atom is -0.460 e. The maximum Gasteiger partial charge on any atom is 0.402 e. The van der Waals surface area contributed by atoms with Gasteiger partial charge >= 0.3 is 29.9 Å². The number of allylic oxidation sites excluding steroid dienone is 5. The quantitative estimate of drug-likeness (QED) is 0.0654. The number of ether oxygens (including phenoxy) is 8. The fraction of sp³-hybridized carbons (Fsp3) is 0.700. The Bertz CT molecular complexity index is 1560. The summed E-state index contributed by atoms with van der Waals surface area (Å²) in [4.78, 5) is 55.3. The smallest absolute Gasteiger partial charge is 0.402 e. The molecule has 6 aliphatic rings. The molecule has 52 heavy (non-hydrogen) atoms. The number of esters is 4. The molecule has 0 aromatic heterocycles. The van der Waals surface area contributed by atoms with Crippen molar-refractivity contribution in [3.05, 3.63) is 47.1 Å². The van der Waals surface area contributed by atoms with Gasteiger partial charge in [0.15, 0.2) is 5.79 Å². The summed E-state index contributed by atoms with van der Waals surface area (Å²) in [5, 5.41) is 0. The first-order valence-corrected chi connectivity index (χ1v) is 18.8. The van der Waals surface area contributed by atoms with Crippen molar-refractivity contribution < 1.29 is 57.1 Å². The third-order valence-electron chi connectivity index (χ3n) is 11.2. The highest BCUT2D eigenvalue weighted by Crippen LogP contribution is 2.69. The normalized spacial score (nSPS) is 34.6. The number of cyclic esters (lactones) is 1. The molecule has 0 N–H and O–H groups in total. The molecule has 0 radical (unpaired) electrons. The summed E-state index contributed by atoms with van der Waals surface area (Å²) in [7, 11) is 1.27.